The lowest BCUT2D eigenvalue weighted by atomic mass is 9.89. The number of amides is 3. The van der Waals surface area contributed by atoms with Crippen molar-refractivity contribution in [2.75, 3.05) is 13.2 Å². The highest BCUT2D eigenvalue weighted by Gasteiger charge is 2.48. The van der Waals surface area contributed by atoms with Crippen molar-refractivity contribution in [2.45, 2.75) is 12.1 Å². The van der Waals surface area contributed by atoms with Crippen molar-refractivity contribution in [3.05, 3.63) is 60.0 Å². The molecule has 0 bridgehead atoms. The van der Waals surface area contributed by atoms with Crippen LogP contribution in [0.3, 0.4) is 0 Å². The molecule has 0 saturated carbocycles. The molecule has 2 aromatic carbocycles. The topological polar surface area (TPSA) is 113 Å². The summed E-state index contributed by atoms with van der Waals surface area (Å²) in [6.45, 7) is -0.297. The molecule has 3 aromatic rings. The number of hydrogen-bond acceptors (Lipinski definition) is 5. The Morgan fingerprint density at radius 2 is 1.90 bits per heavy atom. The molecule has 0 radical (unpaired) electrons. The zero-order valence-electron chi connectivity index (χ0n) is 16.2. The zero-order chi connectivity index (χ0) is 22.0. The van der Waals surface area contributed by atoms with Crippen LogP contribution in [0.1, 0.15) is 5.56 Å². The summed E-state index contributed by atoms with van der Waals surface area (Å²) in [5.41, 5.74) is -1.14. The van der Waals surface area contributed by atoms with Crippen LogP contribution in [0.5, 0.6) is 11.6 Å². The zero-order valence-corrected chi connectivity index (χ0v) is 16.2. The summed E-state index contributed by atoms with van der Waals surface area (Å²) < 4.78 is 20.3. The fourth-order valence-electron chi connectivity index (χ4n) is 3.55. The number of carbonyl (C=O) groups is 2. The Kier molecular flexibility index (Phi) is 5.23. The minimum atomic E-state index is -1.52. The summed E-state index contributed by atoms with van der Waals surface area (Å²) in [6, 6.07) is 9.61. The van der Waals surface area contributed by atoms with E-state index in [0.29, 0.717) is 22.1 Å². The highest BCUT2D eigenvalue weighted by molar-refractivity contribution is 6.07. The number of aromatic nitrogens is 1. The van der Waals surface area contributed by atoms with Crippen LogP contribution in [-0.2, 0) is 16.9 Å². The molecule has 2 heterocycles. The SMILES string of the molecule is O=C1NC(=O)[C@](Cn2cc3ccc(OCC#CCO)cc3c2O)(c2ccc(F)cc2)N1. The van der Waals surface area contributed by atoms with Crippen LogP contribution in [0, 0.1) is 17.7 Å². The molecule has 1 atom stereocenters. The minimum Gasteiger partial charge on any atom is -0.494 e. The lowest BCUT2D eigenvalue weighted by Gasteiger charge is -2.27. The predicted octanol–water partition coefficient (Wildman–Crippen LogP) is 1.60. The molecule has 3 amide bonds. The third-order valence-electron chi connectivity index (χ3n) is 5.03. The van der Waals surface area contributed by atoms with Crippen molar-refractivity contribution < 1.29 is 28.9 Å². The molecule has 1 aromatic heterocycles. The minimum absolute atomic E-state index is 0.0768. The van der Waals surface area contributed by atoms with E-state index in [1.165, 1.54) is 28.8 Å². The highest BCUT2D eigenvalue weighted by atomic mass is 19.1. The summed E-state index contributed by atoms with van der Waals surface area (Å²) in [5.74, 6) is 4.37. The maximum Gasteiger partial charge on any atom is 0.322 e. The van der Waals surface area contributed by atoms with E-state index >= 15 is 0 Å². The third kappa shape index (κ3) is 3.76. The van der Waals surface area contributed by atoms with Crippen LogP contribution in [0.25, 0.3) is 10.8 Å². The number of aromatic hydroxyl groups is 1. The number of fused-ring (bicyclic) bond motifs is 1. The van der Waals surface area contributed by atoms with Gasteiger partial charge in [-0.2, -0.15) is 0 Å². The number of rotatable bonds is 5. The molecule has 1 fully saturated rings. The number of aliphatic hydroxyl groups is 1. The van der Waals surface area contributed by atoms with Crippen LogP contribution in [0.4, 0.5) is 9.18 Å². The first kappa shape index (κ1) is 20.3. The number of aliphatic hydroxyl groups excluding tert-OH is 1. The second kappa shape index (κ2) is 8.01. The van der Waals surface area contributed by atoms with E-state index in [1.807, 2.05) is 0 Å². The number of nitrogens with zero attached hydrogens (tertiary/aromatic N) is 1. The molecule has 0 aliphatic carbocycles. The fraction of sp³-hybridized carbons (Fsp3) is 0.182. The van der Waals surface area contributed by atoms with Gasteiger partial charge in [-0.1, -0.05) is 24.0 Å². The highest BCUT2D eigenvalue weighted by Crippen LogP contribution is 2.34. The summed E-state index contributed by atoms with van der Waals surface area (Å²) in [7, 11) is 0. The fourth-order valence-corrected chi connectivity index (χ4v) is 3.55. The molecule has 4 rings (SSSR count). The van der Waals surface area contributed by atoms with Crippen molar-refractivity contribution in [3.8, 4) is 23.5 Å². The van der Waals surface area contributed by atoms with E-state index < -0.39 is 23.3 Å². The maximum atomic E-state index is 13.4. The van der Waals surface area contributed by atoms with Crippen molar-refractivity contribution in [3.63, 3.8) is 0 Å². The molecule has 8 nitrogen and oxygen atoms in total. The summed E-state index contributed by atoms with van der Waals surface area (Å²) in [5, 5.41) is 25.4. The molecule has 4 N–H and O–H groups in total. The summed E-state index contributed by atoms with van der Waals surface area (Å²) in [4.78, 5) is 24.6. The molecule has 1 saturated heterocycles. The standard InChI is InChI=1S/C22H18FN3O5/c23-16-6-4-15(5-7-16)22(20(29)24-21(30)25-22)13-26-12-14-3-8-17(11-18(14)19(26)28)31-10-2-1-9-27/h3-8,11-12,27-28H,9-10,13H2,(H2,24,25,29,30)/t22-/m0/s1. The Bertz CT molecular complexity index is 1230. The lowest BCUT2D eigenvalue weighted by Crippen LogP contribution is -2.47. The number of nitrogens with one attached hydrogen (secondary N) is 2. The van der Waals surface area contributed by atoms with E-state index in [-0.39, 0.29) is 25.6 Å². The van der Waals surface area contributed by atoms with Crippen LogP contribution in [0.2, 0.25) is 0 Å². The van der Waals surface area contributed by atoms with Gasteiger partial charge in [-0.3, -0.25) is 10.1 Å². The van der Waals surface area contributed by atoms with Crippen molar-refractivity contribution in [1.29, 1.82) is 0 Å². The Balaban J connectivity index is 1.69. The van der Waals surface area contributed by atoms with Crippen LogP contribution >= 0.6 is 0 Å². The third-order valence-corrected chi connectivity index (χ3v) is 5.03. The Morgan fingerprint density at radius 3 is 2.58 bits per heavy atom. The quantitative estimate of drug-likeness (QED) is 0.368. The largest absolute Gasteiger partial charge is 0.494 e. The Hall–Kier alpha value is -4.03. The first-order valence-corrected chi connectivity index (χ1v) is 9.34. The van der Waals surface area contributed by atoms with Gasteiger partial charge in [0.1, 0.15) is 24.8 Å². The average Bonchev–Trinajstić information content (AvgIpc) is 3.21. The Morgan fingerprint density at radius 1 is 1.13 bits per heavy atom. The van der Waals surface area contributed by atoms with E-state index in [9.17, 15) is 19.1 Å². The van der Waals surface area contributed by atoms with E-state index in [2.05, 4.69) is 22.5 Å². The van der Waals surface area contributed by atoms with Gasteiger partial charge in [0.05, 0.1) is 6.54 Å². The lowest BCUT2D eigenvalue weighted by molar-refractivity contribution is -0.124. The molecule has 31 heavy (non-hydrogen) atoms. The predicted molar refractivity (Wildman–Crippen MR) is 109 cm³/mol. The Labute approximate surface area is 176 Å². The normalized spacial score (nSPS) is 17.7. The monoisotopic (exact) mass is 423 g/mol. The molecule has 158 valence electrons. The average molecular weight is 423 g/mol. The number of hydrogen-bond donors (Lipinski definition) is 4. The molecule has 0 spiro atoms. The van der Waals surface area contributed by atoms with Crippen molar-refractivity contribution >= 4 is 22.7 Å². The first-order chi connectivity index (χ1) is 14.9. The number of imide groups is 1. The van der Waals surface area contributed by atoms with Gasteiger partial charge in [-0.25, -0.2) is 9.18 Å². The van der Waals surface area contributed by atoms with Gasteiger partial charge in [0.2, 0.25) is 0 Å². The molecule has 9 heteroatoms. The van der Waals surface area contributed by atoms with Crippen molar-refractivity contribution in [2.24, 2.45) is 0 Å². The van der Waals surface area contributed by atoms with Crippen LogP contribution in [-0.4, -0.2) is 39.9 Å². The molecule has 1 aliphatic rings. The molecular weight excluding hydrogens is 405 g/mol. The van der Waals surface area contributed by atoms with Gasteiger partial charge >= 0.3 is 6.03 Å². The van der Waals surface area contributed by atoms with Crippen LogP contribution in [0.15, 0.2) is 48.7 Å². The number of ether oxygens (including phenoxy) is 1. The number of urea groups is 1. The second-order valence-corrected chi connectivity index (χ2v) is 6.95. The summed E-state index contributed by atoms with van der Waals surface area (Å²) >= 11 is 0. The maximum absolute atomic E-state index is 13.4. The van der Waals surface area contributed by atoms with E-state index in [0.717, 1.165) is 0 Å². The second-order valence-electron chi connectivity index (χ2n) is 6.95. The smallest absolute Gasteiger partial charge is 0.322 e. The van der Waals surface area contributed by atoms with E-state index in [4.69, 9.17) is 9.84 Å². The van der Waals surface area contributed by atoms with Gasteiger partial charge in [0.25, 0.3) is 5.91 Å². The molecule has 1 aliphatic heterocycles. The van der Waals surface area contributed by atoms with Gasteiger partial charge in [0, 0.05) is 17.0 Å². The van der Waals surface area contributed by atoms with Crippen molar-refractivity contribution in [1.82, 2.24) is 15.2 Å². The molecular formula is C22H18FN3O5. The number of benzene rings is 2. The first-order valence-electron chi connectivity index (χ1n) is 9.34. The van der Waals surface area contributed by atoms with Crippen LogP contribution < -0.4 is 15.4 Å². The van der Waals surface area contributed by atoms with E-state index in [1.54, 1.807) is 24.4 Å². The van der Waals surface area contributed by atoms with Gasteiger partial charge in [-0.05, 0) is 35.9 Å². The molecule has 0 unspecified atom stereocenters. The number of halogens is 1. The van der Waals surface area contributed by atoms with Gasteiger partial charge < -0.3 is 24.8 Å². The van der Waals surface area contributed by atoms with Gasteiger partial charge in [-0.15, -0.1) is 0 Å². The van der Waals surface area contributed by atoms with Gasteiger partial charge in [0.15, 0.2) is 11.4 Å². The summed E-state index contributed by atoms with van der Waals surface area (Å²) in [6.07, 6.45) is 1.64. The number of carbonyl (C=O) groups excluding carboxylic acids is 2.